The van der Waals surface area contributed by atoms with Crippen LogP contribution in [0.3, 0.4) is 0 Å². The molecule has 0 spiro atoms. The molecule has 0 aromatic heterocycles. The summed E-state index contributed by atoms with van der Waals surface area (Å²) in [4.78, 5) is 2.38. The number of aryl methyl sites for hydroxylation is 1. The summed E-state index contributed by atoms with van der Waals surface area (Å²) < 4.78 is 0. The molecular formula is C16H26N2O. The van der Waals surface area contributed by atoms with Crippen molar-refractivity contribution in [3.05, 3.63) is 29.3 Å². The Morgan fingerprint density at radius 1 is 1.42 bits per heavy atom. The first kappa shape index (κ1) is 14.4. The Kier molecular flexibility index (Phi) is 5.23. The third-order valence-electron chi connectivity index (χ3n) is 3.87. The number of aliphatic hydroxyl groups is 1. The van der Waals surface area contributed by atoms with Gasteiger partial charge in [-0.25, -0.2) is 0 Å². The first-order valence-electron chi connectivity index (χ1n) is 7.44. The number of hydrogen-bond acceptors (Lipinski definition) is 3. The van der Waals surface area contributed by atoms with Gasteiger partial charge in [0, 0.05) is 18.8 Å². The van der Waals surface area contributed by atoms with E-state index in [4.69, 9.17) is 0 Å². The Morgan fingerprint density at radius 2 is 2.26 bits per heavy atom. The van der Waals surface area contributed by atoms with E-state index in [1.165, 1.54) is 23.2 Å². The highest BCUT2D eigenvalue weighted by molar-refractivity contribution is 5.56. The minimum absolute atomic E-state index is 0.260. The quantitative estimate of drug-likeness (QED) is 0.773. The molecule has 1 aliphatic rings. The third-order valence-corrected chi connectivity index (χ3v) is 3.87. The lowest BCUT2D eigenvalue weighted by Crippen LogP contribution is -2.33. The third kappa shape index (κ3) is 3.48. The van der Waals surface area contributed by atoms with Crippen molar-refractivity contribution in [1.29, 1.82) is 0 Å². The van der Waals surface area contributed by atoms with Gasteiger partial charge in [-0.3, -0.25) is 0 Å². The van der Waals surface area contributed by atoms with Crippen LogP contribution in [0.4, 0.5) is 5.69 Å². The smallest absolute Gasteiger partial charge is 0.0635 e. The van der Waals surface area contributed by atoms with Crippen molar-refractivity contribution in [2.45, 2.75) is 45.7 Å². The zero-order chi connectivity index (χ0) is 13.7. The number of anilines is 1. The molecule has 0 aliphatic carbocycles. The second-order valence-corrected chi connectivity index (χ2v) is 5.48. The van der Waals surface area contributed by atoms with Gasteiger partial charge in [-0.1, -0.05) is 24.6 Å². The van der Waals surface area contributed by atoms with E-state index in [1.807, 2.05) is 0 Å². The van der Waals surface area contributed by atoms with Crippen LogP contribution >= 0.6 is 0 Å². The van der Waals surface area contributed by atoms with Gasteiger partial charge in [0.25, 0.3) is 0 Å². The lowest BCUT2D eigenvalue weighted by Gasteiger charge is -2.28. The van der Waals surface area contributed by atoms with Crippen LogP contribution in [0.2, 0.25) is 0 Å². The van der Waals surface area contributed by atoms with E-state index >= 15 is 0 Å². The standard InChI is InChI=1S/C16H26N2O/c1-3-8-17-11-14-10-13(2)6-7-16(14)18-9-4-5-15(18)12-19/h6-7,10,15,17,19H,3-5,8-9,11-12H2,1-2H3. The molecule has 0 radical (unpaired) electrons. The molecule has 1 atom stereocenters. The van der Waals surface area contributed by atoms with Gasteiger partial charge in [0.05, 0.1) is 12.6 Å². The van der Waals surface area contributed by atoms with Crippen LogP contribution in [0.25, 0.3) is 0 Å². The second-order valence-electron chi connectivity index (χ2n) is 5.48. The Balaban J connectivity index is 2.18. The average molecular weight is 262 g/mol. The summed E-state index contributed by atoms with van der Waals surface area (Å²) in [5, 5.41) is 13.0. The predicted octanol–water partition coefficient (Wildman–Crippen LogP) is 2.46. The predicted molar refractivity (Wildman–Crippen MR) is 80.6 cm³/mol. The second kappa shape index (κ2) is 6.92. The van der Waals surface area contributed by atoms with Crippen LogP contribution in [0, 0.1) is 6.92 Å². The summed E-state index contributed by atoms with van der Waals surface area (Å²) in [7, 11) is 0. The van der Waals surface area contributed by atoms with Crippen LogP contribution in [0.5, 0.6) is 0 Å². The molecule has 1 aromatic carbocycles. The molecule has 106 valence electrons. The molecule has 19 heavy (non-hydrogen) atoms. The summed E-state index contributed by atoms with van der Waals surface area (Å²) in [6.07, 6.45) is 3.44. The summed E-state index contributed by atoms with van der Waals surface area (Å²) in [6, 6.07) is 6.95. The van der Waals surface area contributed by atoms with Crippen molar-refractivity contribution in [3.63, 3.8) is 0 Å². The maximum absolute atomic E-state index is 9.50. The lowest BCUT2D eigenvalue weighted by atomic mass is 10.1. The Labute approximate surface area is 116 Å². The summed E-state index contributed by atoms with van der Waals surface area (Å²) in [5.41, 5.74) is 3.95. The van der Waals surface area contributed by atoms with Gasteiger partial charge in [0.2, 0.25) is 0 Å². The van der Waals surface area contributed by atoms with E-state index in [2.05, 4.69) is 42.3 Å². The van der Waals surface area contributed by atoms with Crippen molar-refractivity contribution in [2.75, 3.05) is 24.6 Å². The van der Waals surface area contributed by atoms with Crippen molar-refractivity contribution in [1.82, 2.24) is 5.32 Å². The molecule has 0 saturated carbocycles. The Hall–Kier alpha value is -1.06. The van der Waals surface area contributed by atoms with Gasteiger partial charge in [-0.15, -0.1) is 0 Å². The molecule has 1 aliphatic heterocycles. The Morgan fingerprint density at radius 3 is 3.00 bits per heavy atom. The molecule has 2 rings (SSSR count). The minimum atomic E-state index is 0.260. The van der Waals surface area contributed by atoms with Crippen LogP contribution in [-0.2, 0) is 6.54 Å². The fourth-order valence-electron chi connectivity index (χ4n) is 2.88. The van der Waals surface area contributed by atoms with Crippen molar-refractivity contribution in [2.24, 2.45) is 0 Å². The molecule has 3 nitrogen and oxygen atoms in total. The maximum Gasteiger partial charge on any atom is 0.0635 e. The number of nitrogens with one attached hydrogen (secondary N) is 1. The van der Waals surface area contributed by atoms with Crippen LogP contribution in [-0.4, -0.2) is 30.8 Å². The number of aliphatic hydroxyl groups excluding tert-OH is 1. The van der Waals surface area contributed by atoms with Gasteiger partial charge in [-0.2, -0.15) is 0 Å². The van der Waals surface area contributed by atoms with Gasteiger partial charge >= 0.3 is 0 Å². The molecular weight excluding hydrogens is 236 g/mol. The van der Waals surface area contributed by atoms with Gasteiger partial charge in [-0.05, 0) is 44.4 Å². The van der Waals surface area contributed by atoms with Crippen LogP contribution < -0.4 is 10.2 Å². The van der Waals surface area contributed by atoms with Crippen molar-refractivity contribution in [3.8, 4) is 0 Å². The number of benzene rings is 1. The molecule has 1 fully saturated rings. The average Bonchev–Trinajstić information content (AvgIpc) is 2.87. The molecule has 0 amide bonds. The minimum Gasteiger partial charge on any atom is -0.394 e. The van der Waals surface area contributed by atoms with Crippen molar-refractivity contribution < 1.29 is 5.11 Å². The number of rotatable bonds is 6. The van der Waals surface area contributed by atoms with E-state index in [0.29, 0.717) is 6.04 Å². The molecule has 0 bridgehead atoms. The SMILES string of the molecule is CCCNCc1cc(C)ccc1N1CCCC1CO. The highest BCUT2D eigenvalue weighted by atomic mass is 16.3. The van der Waals surface area contributed by atoms with Crippen molar-refractivity contribution >= 4 is 5.69 Å². The summed E-state index contributed by atoms with van der Waals surface area (Å²) in [6.45, 7) is 7.62. The molecule has 1 unspecified atom stereocenters. The van der Waals surface area contributed by atoms with Gasteiger partial charge in [0.15, 0.2) is 0 Å². The van der Waals surface area contributed by atoms with E-state index < -0.39 is 0 Å². The summed E-state index contributed by atoms with van der Waals surface area (Å²) in [5.74, 6) is 0. The fourth-order valence-corrected chi connectivity index (χ4v) is 2.88. The van der Waals surface area contributed by atoms with E-state index in [1.54, 1.807) is 0 Å². The van der Waals surface area contributed by atoms with Crippen LogP contribution in [0.1, 0.15) is 37.3 Å². The monoisotopic (exact) mass is 262 g/mol. The molecule has 1 saturated heterocycles. The zero-order valence-electron chi connectivity index (χ0n) is 12.2. The van der Waals surface area contributed by atoms with E-state index in [9.17, 15) is 5.11 Å². The molecule has 1 heterocycles. The lowest BCUT2D eigenvalue weighted by molar-refractivity contribution is 0.266. The van der Waals surface area contributed by atoms with Crippen LogP contribution in [0.15, 0.2) is 18.2 Å². The van der Waals surface area contributed by atoms with E-state index in [-0.39, 0.29) is 6.61 Å². The summed E-state index contributed by atoms with van der Waals surface area (Å²) >= 11 is 0. The largest absolute Gasteiger partial charge is 0.394 e. The number of hydrogen-bond donors (Lipinski definition) is 2. The Bertz CT molecular complexity index is 406. The van der Waals surface area contributed by atoms with E-state index in [0.717, 1.165) is 32.5 Å². The zero-order valence-corrected chi connectivity index (χ0v) is 12.2. The van der Waals surface area contributed by atoms with Gasteiger partial charge < -0.3 is 15.3 Å². The van der Waals surface area contributed by atoms with Gasteiger partial charge in [0.1, 0.15) is 0 Å². The highest BCUT2D eigenvalue weighted by Gasteiger charge is 2.25. The number of nitrogens with zero attached hydrogens (tertiary/aromatic N) is 1. The molecule has 2 N–H and O–H groups in total. The molecule has 1 aromatic rings. The first-order valence-corrected chi connectivity index (χ1v) is 7.44. The fraction of sp³-hybridized carbons (Fsp3) is 0.625. The maximum atomic E-state index is 9.50. The highest BCUT2D eigenvalue weighted by Crippen LogP contribution is 2.29. The topological polar surface area (TPSA) is 35.5 Å². The molecule has 3 heteroatoms. The normalized spacial score (nSPS) is 19.1. The first-order chi connectivity index (χ1) is 9.26.